The predicted octanol–water partition coefficient (Wildman–Crippen LogP) is -2.40. The van der Waals surface area contributed by atoms with Crippen molar-refractivity contribution in [1.82, 2.24) is 15.4 Å². The Hall–Kier alpha value is -1.89. The normalized spacial score (nSPS) is 9.62. The highest BCUT2D eigenvalue weighted by molar-refractivity contribution is 5.77. The van der Waals surface area contributed by atoms with Crippen molar-refractivity contribution in [3.63, 3.8) is 0 Å². The Bertz CT molecular complexity index is 390. The van der Waals surface area contributed by atoms with Gasteiger partial charge in [-0.15, -0.1) is 0 Å². The molecule has 0 spiro atoms. The Kier molecular flexibility index (Phi) is 2.60. The van der Waals surface area contributed by atoms with Gasteiger partial charge in [-0.2, -0.15) is 0 Å². The highest BCUT2D eigenvalue weighted by Crippen LogP contribution is 1.85. The summed E-state index contributed by atoms with van der Waals surface area (Å²) < 4.78 is 0. The van der Waals surface area contributed by atoms with E-state index in [-0.39, 0.29) is 12.1 Å². The van der Waals surface area contributed by atoms with Crippen molar-refractivity contribution in [2.45, 2.75) is 6.42 Å². The van der Waals surface area contributed by atoms with Gasteiger partial charge in [-0.05, 0) is 0 Å². The van der Waals surface area contributed by atoms with Crippen LogP contribution in [0.3, 0.4) is 0 Å². The van der Waals surface area contributed by atoms with E-state index in [0.29, 0.717) is 0 Å². The maximum Gasteiger partial charge on any atom is 0.325 e. The summed E-state index contributed by atoms with van der Waals surface area (Å²) in [5.41, 5.74) is 0.900. The molecule has 0 aliphatic heterocycles. The van der Waals surface area contributed by atoms with Gasteiger partial charge in [-0.1, -0.05) is 0 Å². The summed E-state index contributed by atoms with van der Waals surface area (Å²) >= 11 is 0. The van der Waals surface area contributed by atoms with E-state index in [0.717, 1.165) is 6.07 Å². The third-order valence-corrected chi connectivity index (χ3v) is 1.33. The number of H-pyrrole nitrogens is 2. The van der Waals surface area contributed by atoms with Crippen molar-refractivity contribution in [2.24, 2.45) is 5.84 Å². The van der Waals surface area contributed by atoms with Gasteiger partial charge in [0.15, 0.2) is 0 Å². The van der Waals surface area contributed by atoms with Gasteiger partial charge < -0.3 is 4.98 Å². The minimum Gasteiger partial charge on any atom is -0.311 e. The van der Waals surface area contributed by atoms with Gasteiger partial charge in [0.05, 0.1) is 6.42 Å². The van der Waals surface area contributed by atoms with Gasteiger partial charge in [0.2, 0.25) is 5.91 Å². The smallest absolute Gasteiger partial charge is 0.311 e. The first kappa shape index (κ1) is 9.20. The molecular formula is C6H8N4O3. The Morgan fingerprint density at radius 1 is 1.46 bits per heavy atom. The van der Waals surface area contributed by atoms with Crippen LogP contribution in [0.25, 0.3) is 0 Å². The number of nitrogens with one attached hydrogen (secondary N) is 3. The fourth-order valence-electron chi connectivity index (χ4n) is 0.839. The zero-order valence-electron chi connectivity index (χ0n) is 6.59. The zero-order chi connectivity index (χ0) is 9.84. The first-order valence-electron chi connectivity index (χ1n) is 3.44. The second kappa shape index (κ2) is 3.68. The van der Waals surface area contributed by atoms with Crippen LogP contribution in [-0.2, 0) is 11.2 Å². The molecule has 0 aromatic carbocycles. The minimum absolute atomic E-state index is 0.129. The third kappa shape index (κ3) is 2.56. The molecule has 70 valence electrons. The van der Waals surface area contributed by atoms with Crippen LogP contribution in [0.1, 0.15) is 5.69 Å². The molecule has 0 bridgehead atoms. The molecule has 0 atom stereocenters. The van der Waals surface area contributed by atoms with E-state index in [4.69, 9.17) is 5.84 Å². The highest BCUT2D eigenvalue weighted by atomic mass is 16.2. The lowest BCUT2D eigenvalue weighted by Gasteiger charge is -1.97. The van der Waals surface area contributed by atoms with E-state index in [1.54, 1.807) is 0 Å². The summed E-state index contributed by atoms with van der Waals surface area (Å²) in [5, 5.41) is 0. The fourth-order valence-corrected chi connectivity index (χ4v) is 0.839. The lowest BCUT2D eigenvalue weighted by molar-refractivity contribution is -0.120. The average molecular weight is 184 g/mol. The molecule has 0 saturated heterocycles. The number of amides is 1. The van der Waals surface area contributed by atoms with E-state index in [9.17, 15) is 14.4 Å². The number of nitrogens with two attached hydrogens (primary N) is 1. The van der Waals surface area contributed by atoms with E-state index in [1.165, 1.54) is 0 Å². The second-order valence-corrected chi connectivity index (χ2v) is 2.36. The fraction of sp³-hybridized carbons (Fsp3) is 0.167. The van der Waals surface area contributed by atoms with E-state index in [1.807, 2.05) is 10.4 Å². The molecule has 7 heteroatoms. The highest BCUT2D eigenvalue weighted by Gasteiger charge is 2.02. The maximum atomic E-state index is 10.7. The number of rotatable bonds is 2. The average Bonchev–Trinajstić information content (AvgIpc) is 2.02. The molecule has 7 nitrogen and oxygen atoms in total. The van der Waals surface area contributed by atoms with E-state index >= 15 is 0 Å². The monoisotopic (exact) mass is 184 g/mol. The number of hydrazine groups is 1. The van der Waals surface area contributed by atoms with Crippen LogP contribution in [0.15, 0.2) is 15.7 Å². The summed E-state index contributed by atoms with van der Waals surface area (Å²) in [5.74, 6) is 4.33. The quantitative estimate of drug-likeness (QED) is 0.232. The molecule has 0 saturated carbocycles. The van der Waals surface area contributed by atoms with Crippen molar-refractivity contribution < 1.29 is 4.79 Å². The van der Waals surface area contributed by atoms with Crippen LogP contribution in [0.5, 0.6) is 0 Å². The van der Waals surface area contributed by atoms with Crippen LogP contribution < -0.4 is 22.5 Å². The van der Waals surface area contributed by atoms with Crippen LogP contribution in [0.4, 0.5) is 0 Å². The van der Waals surface area contributed by atoms with E-state index < -0.39 is 17.2 Å². The van der Waals surface area contributed by atoms with Gasteiger partial charge >= 0.3 is 5.69 Å². The van der Waals surface area contributed by atoms with Crippen molar-refractivity contribution in [3.8, 4) is 0 Å². The van der Waals surface area contributed by atoms with Crippen LogP contribution in [-0.4, -0.2) is 15.9 Å². The molecule has 1 rings (SSSR count). The summed E-state index contributed by atoms with van der Waals surface area (Å²) in [7, 11) is 0. The maximum absolute atomic E-state index is 10.7. The predicted molar refractivity (Wildman–Crippen MR) is 43.7 cm³/mol. The Morgan fingerprint density at radius 2 is 2.15 bits per heavy atom. The first-order valence-corrected chi connectivity index (χ1v) is 3.44. The molecule has 0 radical (unpaired) electrons. The molecule has 1 aromatic heterocycles. The lowest BCUT2D eigenvalue weighted by Crippen LogP contribution is -2.33. The van der Waals surface area contributed by atoms with Crippen molar-refractivity contribution in [3.05, 3.63) is 32.6 Å². The van der Waals surface area contributed by atoms with E-state index in [2.05, 4.69) is 4.98 Å². The van der Waals surface area contributed by atoms with Gasteiger partial charge in [-0.3, -0.25) is 20.0 Å². The number of aromatic nitrogens is 2. The van der Waals surface area contributed by atoms with Crippen LogP contribution >= 0.6 is 0 Å². The summed E-state index contributed by atoms with van der Waals surface area (Å²) in [6.45, 7) is 0. The molecule has 13 heavy (non-hydrogen) atoms. The topological polar surface area (TPSA) is 121 Å². The Balaban J connectivity index is 2.96. The number of carbonyl (C=O) groups excluding carboxylic acids is 1. The molecule has 0 fully saturated rings. The van der Waals surface area contributed by atoms with Crippen LogP contribution in [0.2, 0.25) is 0 Å². The molecular weight excluding hydrogens is 176 g/mol. The number of carbonyl (C=O) groups is 1. The molecule has 0 aliphatic rings. The Morgan fingerprint density at radius 3 is 2.69 bits per heavy atom. The van der Waals surface area contributed by atoms with Gasteiger partial charge in [0, 0.05) is 11.8 Å². The van der Waals surface area contributed by atoms with Crippen molar-refractivity contribution >= 4 is 5.91 Å². The molecule has 0 unspecified atom stereocenters. The first-order chi connectivity index (χ1) is 6.11. The number of hydrogen-bond acceptors (Lipinski definition) is 4. The summed E-state index contributed by atoms with van der Waals surface area (Å²) in [4.78, 5) is 36.4. The molecule has 1 amide bonds. The standard InChI is InChI=1S/C6H8N4O3/c7-10-5(12)2-3-1-4(11)9-6(13)8-3/h1H,2,7H2,(H,10,12)(H2,8,9,11,13). The third-order valence-electron chi connectivity index (χ3n) is 1.33. The van der Waals surface area contributed by atoms with Crippen LogP contribution in [0, 0.1) is 0 Å². The zero-order valence-corrected chi connectivity index (χ0v) is 6.59. The summed E-state index contributed by atoms with van der Waals surface area (Å²) in [6.07, 6.45) is -0.129. The molecule has 5 N–H and O–H groups in total. The molecule has 0 aliphatic carbocycles. The molecule has 1 aromatic rings. The number of hydrogen-bond donors (Lipinski definition) is 4. The minimum atomic E-state index is -0.646. The second-order valence-electron chi connectivity index (χ2n) is 2.36. The molecule has 1 heterocycles. The van der Waals surface area contributed by atoms with Gasteiger partial charge in [0.25, 0.3) is 5.56 Å². The summed E-state index contributed by atoms with van der Waals surface area (Å²) in [6, 6.07) is 1.12. The SMILES string of the molecule is NNC(=O)Cc1cc(=O)[nH]c(=O)[nH]1. The largest absolute Gasteiger partial charge is 0.325 e. The number of aromatic amines is 2. The van der Waals surface area contributed by atoms with Gasteiger partial charge in [-0.25, -0.2) is 10.6 Å². The van der Waals surface area contributed by atoms with Crippen molar-refractivity contribution in [2.75, 3.05) is 0 Å². The van der Waals surface area contributed by atoms with Gasteiger partial charge in [0.1, 0.15) is 0 Å². The lowest BCUT2D eigenvalue weighted by atomic mass is 10.3. The Labute approximate surface area is 71.9 Å². The van der Waals surface area contributed by atoms with Crippen molar-refractivity contribution in [1.29, 1.82) is 0 Å².